The van der Waals surface area contributed by atoms with E-state index < -0.39 is 11.9 Å². The number of aliphatic hydroxyl groups excluding tert-OH is 1. The fourth-order valence-electron chi connectivity index (χ4n) is 2.11. The van der Waals surface area contributed by atoms with Gasteiger partial charge in [0.1, 0.15) is 5.75 Å². The van der Waals surface area contributed by atoms with Gasteiger partial charge in [0.25, 0.3) is 0 Å². The van der Waals surface area contributed by atoms with E-state index in [1.54, 1.807) is 25.1 Å². The van der Waals surface area contributed by atoms with Crippen molar-refractivity contribution in [2.75, 3.05) is 0 Å². The maximum absolute atomic E-state index is 14.0. The van der Waals surface area contributed by atoms with Crippen molar-refractivity contribution < 1.29 is 14.2 Å². The average molecular weight is 288 g/mol. The molecule has 2 nitrogen and oxygen atoms in total. The molecule has 0 amide bonds. The van der Waals surface area contributed by atoms with E-state index in [9.17, 15) is 9.50 Å². The molecule has 0 aromatic heterocycles. The van der Waals surface area contributed by atoms with E-state index in [-0.39, 0.29) is 11.2 Å². The fraction of sp³-hybridized carbons (Fsp3) is 0.333. The van der Waals surface area contributed by atoms with Crippen LogP contribution in [0.2, 0.25) is 0 Å². The molecule has 0 radical (unpaired) electrons. The summed E-state index contributed by atoms with van der Waals surface area (Å²) in [6.45, 7) is 7.91. The first kappa shape index (κ1) is 15.5. The number of para-hydroxylation sites is 1. The molecule has 0 aliphatic carbocycles. The van der Waals surface area contributed by atoms with Gasteiger partial charge in [0.2, 0.25) is 0 Å². The normalized spacial score (nSPS) is 13.0. The SMILES string of the molecule is C[C@@H](O)c1cccc(F)c1Oc1cccc(C(C)(C)C)c1. The summed E-state index contributed by atoms with van der Waals surface area (Å²) >= 11 is 0. The second kappa shape index (κ2) is 5.86. The smallest absolute Gasteiger partial charge is 0.168 e. The summed E-state index contributed by atoms with van der Waals surface area (Å²) in [6, 6.07) is 12.1. The lowest BCUT2D eigenvalue weighted by Gasteiger charge is -2.20. The van der Waals surface area contributed by atoms with E-state index in [2.05, 4.69) is 20.8 Å². The van der Waals surface area contributed by atoms with Crippen molar-refractivity contribution in [3.8, 4) is 11.5 Å². The molecule has 0 bridgehead atoms. The molecule has 0 unspecified atom stereocenters. The largest absolute Gasteiger partial charge is 0.454 e. The molecule has 1 atom stereocenters. The Morgan fingerprint density at radius 3 is 2.38 bits per heavy atom. The fourth-order valence-corrected chi connectivity index (χ4v) is 2.11. The second-order valence-electron chi connectivity index (χ2n) is 6.21. The number of aliphatic hydroxyl groups is 1. The van der Waals surface area contributed by atoms with Gasteiger partial charge >= 0.3 is 0 Å². The highest BCUT2D eigenvalue weighted by Gasteiger charge is 2.17. The van der Waals surface area contributed by atoms with Crippen molar-refractivity contribution in [2.24, 2.45) is 0 Å². The van der Waals surface area contributed by atoms with Crippen LogP contribution in [-0.2, 0) is 5.41 Å². The molecular weight excluding hydrogens is 267 g/mol. The van der Waals surface area contributed by atoms with Gasteiger partial charge < -0.3 is 9.84 Å². The first-order valence-corrected chi connectivity index (χ1v) is 7.04. The molecule has 0 spiro atoms. The maximum atomic E-state index is 14.0. The Morgan fingerprint density at radius 1 is 1.10 bits per heavy atom. The van der Waals surface area contributed by atoms with Crippen LogP contribution in [0, 0.1) is 5.82 Å². The van der Waals surface area contributed by atoms with Crippen molar-refractivity contribution in [1.29, 1.82) is 0 Å². The number of rotatable bonds is 3. The van der Waals surface area contributed by atoms with Crippen molar-refractivity contribution in [1.82, 2.24) is 0 Å². The van der Waals surface area contributed by atoms with Gasteiger partial charge in [-0.1, -0.05) is 45.0 Å². The van der Waals surface area contributed by atoms with Gasteiger partial charge in [-0.2, -0.15) is 0 Å². The minimum atomic E-state index is -0.790. The molecular formula is C18H21FO2. The molecule has 2 aromatic carbocycles. The summed E-state index contributed by atoms with van der Waals surface area (Å²) in [6.07, 6.45) is -0.790. The molecule has 0 aliphatic rings. The number of hydrogen-bond donors (Lipinski definition) is 1. The highest BCUT2D eigenvalue weighted by molar-refractivity contribution is 5.41. The Bertz CT molecular complexity index is 627. The van der Waals surface area contributed by atoms with Crippen LogP contribution in [-0.4, -0.2) is 5.11 Å². The first-order chi connectivity index (χ1) is 9.79. The predicted molar refractivity (Wildman–Crippen MR) is 82.2 cm³/mol. The molecule has 1 N–H and O–H groups in total. The molecule has 0 saturated carbocycles. The summed E-state index contributed by atoms with van der Waals surface area (Å²) in [7, 11) is 0. The van der Waals surface area contributed by atoms with Gasteiger partial charge in [-0.15, -0.1) is 0 Å². The van der Waals surface area contributed by atoms with Gasteiger partial charge in [0.05, 0.1) is 6.10 Å². The average Bonchev–Trinajstić information content (AvgIpc) is 2.40. The molecule has 0 saturated heterocycles. The summed E-state index contributed by atoms with van der Waals surface area (Å²) in [4.78, 5) is 0. The Hall–Kier alpha value is -1.87. The van der Waals surface area contributed by atoms with Gasteiger partial charge in [-0.25, -0.2) is 4.39 Å². The van der Waals surface area contributed by atoms with Crippen LogP contribution in [0.1, 0.15) is 44.9 Å². The third kappa shape index (κ3) is 3.61. The number of ether oxygens (including phenoxy) is 1. The van der Waals surface area contributed by atoms with E-state index in [0.717, 1.165) is 5.56 Å². The zero-order valence-corrected chi connectivity index (χ0v) is 12.9. The minimum absolute atomic E-state index is 0.0122. The highest BCUT2D eigenvalue weighted by Crippen LogP contribution is 2.34. The molecule has 3 heteroatoms. The van der Waals surface area contributed by atoms with Gasteiger partial charge in [-0.3, -0.25) is 0 Å². The van der Waals surface area contributed by atoms with Crippen LogP contribution in [0.5, 0.6) is 11.5 Å². The molecule has 2 rings (SSSR count). The molecule has 0 heterocycles. The van der Waals surface area contributed by atoms with E-state index in [0.29, 0.717) is 11.3 Å². The summed E-state index contributed by atoms with van der Waals surface area (Å²) in [5.74, 6) is 0.169. The molecule has 112 valence electrons. The zero-order chi connectivity index (χ0) is 15.6. The van der Waals surface area contributed by atoms with Crippen LogP contribution < -0.4 is 4.74 Å². The van der Waals surface area contributed by atoms with Gasteiger partial charge in [-0.05, 0) is 36.1 Å². The molecule has 0 fully saturated rings. The molecule has 2 aromatic rings. The molecule has 21 heavy (non-hydrogen) atoms. The van der Waals surface area contributed by atoms with Crippen LogP contribution in [0.3, 0.4) is 0 Å². The summed E-state index contributed by atoms with van der Waals surface area (Å²) in [5.41, 5.74) is 1.54. The van der Waals surface area contributed by atoms with Crippen molar-refractivity contribution in [3.05, 3.63) is 59.4 Å². The highest BCUT2D eigenvalue weighted by atomic mass is 19.1. The van der Waals surface area contributed by atoms with Crippen molar-refractivity contribution >= 4 is 0 Å². The van der Waals surface area contributed by atoms with E-state index in [4.69, 9.17) is 4.74 Å². The Balaban J connectivity index is 2.39. The quantitative estimate of drug-likeness (QED) is 0.864. The number of halogens is 1. The van der Waals surface area contributed by atoms with Crippen molar-refractivity contribution in [2.45, 2.75) is 39.2 Å². The van der Waals surface area contributed by atoms with Crippen LogP contribution in [0.25, 0.3) is 0 Å². The van der Waals surface area contributed by atoms with Gasteiger partial charge in [0, 0.05) is 5.56 Å². The lowest BCUT2D eigenvalue weighted by Crippen LogP contribution is -2.10. The van der Waals surface area contributed by atoms with E-state index in [1.165, 1.54) is 6.07 Å². The second-order valence-corrected chi connectivity index (χ2v) is 6.21. The monoisotopic (exact) mass is 288 g/mol. The topological polar surface area (TPSA) is 29.5 Å². The summed E-state index contributed by atoms with van der Waals surface area (Å²) < 4.78 is 19.7. The van der Waals surface area contributed by atoms with Gasteiger partial charge in [0.15, 0.2) is 11.6 Å². The predicted octanol–water partition coefficient (Wildman–Crippen LogP) is 4.97. The minimum Gasteiger partial charge on any atom is -0.454 e. The number of benzene rings is 2. The lowest BCUT2D eigenvalue weighted by molar-refractivity contribution is 0.194. The standard InChI is InChI=1S/C18H21FO2/c1-12(20)15-9-6-10-16(19)17(15)21-14-8-5-7-13(11-14)18(2,3)4/h5-12,20H,1-4H3/t12-/m1/s1. The van der Waals surface area contributed by atoms with Crippen LogP contribution in [0.15, 0.2) is 42.5 Å². The molecule has 0 aliphatic heterocycles. The lowest BCUT2D eigenvalue weighted by atomic mass is 9.87. The third-order valence-electron chi connectivity index (χ3n) is 3.37. The van der Waals surface area contributed by atoms with Crippen LogP contribution in [0.4, 0.5) is 4.39 Å². The summed E-state index contributed by atoms with van der Waals surface area (Å²) in [5, 5.41) is 9.74. The third-order valence-corrected chi connectivity index (χ3v) is 3.37. The zero-order valence-electron chi connectivity index (χ0n) is 12.9. The van der Waals surface area contributed by atoms with E-state index in [1.807, 2.05) is 18.2 Å². The Kier molecular flexibility index (Phi) is 4.33. The Labute approximate surface area is 125 Å². The number of hydrogen-bond acceptors (Lipinski definition) is 2. The first-order valence-electron chi connectivity index (χ1n) is 7.04. The maximum Gasteiger partial charge on any atom is 0.168 e. The Morgan fingerprint density at radius 2 is 1.76 bits per heavy atom. The van der Waals surface area contributed by atoms with Crippen molar-refractivity contribution in [3.63, 3.8) is 0 Å². The van der Waals surface area contributed by atoms with E-state index >= 15 is 0 Å². The van der Waals surface area contributed by atoms with Crippen LogP contribution >= 0.6 is 0 Å².